The summed E-state index contributed by atoms with van der Waals surface area (Å²) >= 11 is 0. The van der Waals surface area contributed by atoms with Crippen LogP contribution in [0.5, 0.6) is 5.75 Å². The highest BCUT2D eigenvalue weighted by molar-refractivity contribution is 7.89. The van der Waals surface area contributed by atoms with Gasteiger partial charge >= 0.3 is 5.69 Å². The van der Waals surface area contributed by atoms with E-state index in [1.807, 2.05) is 0 Å². The Morgan fingerprint density at radius 3 is 2.53 bits per heavy atom. The summed E-state index contributed by atoms with van der Waals surface area (Å²) in [5, 5.41) is 26.2. The van der Waals surface area contributed by atoms with E-state index in [0.29, 0.717) is 5.39 Å². The maximum Gasteiger partial charge on any atom is 0.397 e. The Bertz CT molecular complexity index is 747. The van der Waals surface area contributed by atoms with E-state index in [0.717, 1.165) is 0 Å². The molecule has 0 unspecified atom stereocenters. The van der Waals surface area contributed by atoms with E-state index in [1.54, 1.807) is 18.2 Å². The van der Waals surface area contributed by atoms with Crippen molar-refractivity contribution in [3.8, 4) is 5.75 Å². The van der Waals surface area contributed by atoms with E-state index in [1.165, 1.54) is 12.1 Å². The molecule has 2 aromatic rings. The van der Waals surface area contributed by atoms with Gasteiger partial charge in [0.05, 0.1) is 0 Å². The van der Waals surface area contributed by atoms with Gasteiger partial charge in [-0.05, 0) is 22.6 Å². The zero-order chi connectivity index (χ0) is 12.6. The molecule has 0 atom stereocenters. The summed E-state index contributed by atoms with van der Waals surface area (Å²) in [5.74, 6) is -0.672. The van der Waals surface area contributed by atoms with Crippen LogP contribution >= 0.6 is 0 Å². The van der Waals surface area contributed by atoms with Crippen LogP contribution in [-0.4, -0.2) is 8.42 Å². The molecule has 17 heavy (non-hydrogen) atoms. The molecule has 2 aromatic carbocycles. The van der Waals surface area contributed by atoms with Crippen LogP contribution in [-0.2, 0) is 10.0 Å². The quantitative estimate of drug-likeness (QED) is 0.761. The highest BCUT2D eigenvalue weighted by Crippen LogP contribution is 2.37. The molecular weight excluding hydrogens is 242 g/mol. The summed E-state index contributed by atoms with van der Waals surface area (Å²) in [6.07, 6.45) is 0. The van der Waals surface area contributed by atoms with Gasteiger partial charge in [-0.2, -0.15) is 0 Å². The fourth-order valence-corrected chi connectivity index (χ4v) is 2.28. The van der Waals surface area contributed by atoms with Crippen LogP contribution in [0.3, 0.4) is 0 Å². The predicted octanol–water partition coefficient (Wildman–Crippen LogP) is 1.05. The van der Waals surface area contributed by atoms with Gasteiger partial charge in [-0.25, -0.2) is 13.6 Å². The Labute approximate surface area is 97.0 Å². The lowest BCUT2D eigenvalue weighted by molar-refractivity contribution is -0.264. The first-order valence-corrected chi connectivity index (χ1v) is 6.10. The molecule has 0 heterocycles. The number of diazo groups is 1. The molecule has 6 nitrogen and oxygen atoms in total. The van der Waals surface area contributed by atoms with Gasteiger partial charge in [-0.3, -0.25) is 0 Å². The van der Waals surface area contributed by atoms with Crippen molar-refractivity contribution in [3.63, 3.8) is 0 Å². The fourth-order valence-electron chi connectivity index (χ4n) is 1.59. The normalized spacial score (nSPS) is 11.3. The number of hydrogen-bond acceptors (Lipinski definition) is 4. The molecule has 0 saturated carbocycles. The lowest BCUT2D eigenvalue weighted by Crippen LogP contribution is -2.13. The smallest absolute Gasteiger partial charge is 0.397 e. The van der Waals surface area contributed by atoms with Gasteiger partial charge in [0.1, 0.15) is 0 Å². The Hall–Kier alpha value is -2.17. The first-order valence-electron chi connectivity index (χ1n) is 4.56. The summed E-state index contributed by atoms with van der Waals surface area (Å²) in [4.78, 5) is 2.23. The summed E-state index contributed by atoms with van der Waals surface area (Å²) in [7, 11) is -4.11. The topological polar surface area (TPSA) is 111 Å². The lowest BCUT2D eigenvalue weighted by Gasteiger charge is -2.09. The lowest BCUT2D eigenvalue weighted by atomic mass is 10.1. The van der Waals surface area contributed by atoms with Crippen LogP contribution in [0.15, 0.2) is 35.2 Å². The first kappa shape index (κ1) is 11.3. The van der Waals surface area contributed by atoms with E-state index < -0.39 is 26.4 Å². The van der Waals surface area contributed by atoms with Gasteiger partial charge in [-0.1, -0.05) is 24.3 Å². The minimum absolute atomic E-state index is 0.271. The Morgan fingerprint density at radius 2 is 1.94 bits per heavy atom. The minimum atomic E-state index is -4.11. The van der Waals surface area contributed by atoms with Crippen molar-refractivity contribution >= 4 is 26.5 Å². The maximum atomic E-state index is 11.9. The van der Waals surface area contributed by atoms with E-state index in [2.05, 4.69) is 4.98 Å². The van der Waals surface area contributed by atoms with Gasteiger partial charge in [0, 0.05) is 0 Å². The van der Waals surface area contributed by atoms with Crippen LogP contribution < -0.4 is 10.2 Å². The van der Waals surface area contributed by atoms with E-state index in [9.17, 15) is 13.5 Å². The second-order valence-electron chi connectivity index (χ2n) is 3.42. The molecule has 2 rings (SSSR count). The number of rotatable bonds is 1. The average molecular weight is 249 g/mol. The van der Waals surface area contributed by atoms with Crippen molar-refractivity contribution in [2.75, 3.05) is 0 Å². The molecule has 0 amide bonds. The number of benzene rings is 2. The summed E-state index contributed by atoms with van der Waals surface area (Å²) in [6, 6.07) is 7.58. The van der Waals surface area contributed by atoms with Crippen LogP contribution in [0, 0.1) is 5.39 Å². The van der Waals surface area contributed by atoms with Crippen molar-refractivity contribution in [2.24, 2.45) is 5.14 Å². The van der Waals surface area contributed by atoms with Crippen molar-refractivity contribution in [1.82, 2.24) is 0 Å². The highest BCUT2D eigenvalue weighted by atomic mass is 32.2. The number of nitrogens with zero attached hydrogens (tertiary/aromatic N) is 2. The number of hydrogen-bond donors (Lipinski definition) is 1. The number of nitrogens with two attached hydrogens (primary N) is 1. The maximum absolute atomic E-state index is 11.9. The van der Waals surface area contributed by atoms with Crippen molar-refractivity contribution in [2.45, 2.75) is 4.90 Å². The van der Waals surface area contributed by atoms with Crippen molar-refractivity contribution < 1.29 is 13.5 Å². The molecule has 7 heteroatoms. The molecule has 0 spiro atoms. The predicted molar refractivity (Wildman–Crippen MR) is 59.5 cm³/mol. The molecule has 0 bridgehead atoms. The molecule has 2 N–H and O–H groups in total. The molecule has 0 aliphatic heterocycles. The molecule has 0 radical (unpaired) electrons. The van der Waals surface area contributed by atoms with Crippen molar-refractivity contribution in [3.05, 3.63) is 35.3 Å². The first-order chi connectivity index (χ1) is 7.95. The van der Waals surface area contributed by atoms with Gasteiger partial charge < -0.3 is 5.11 Å². The largest absolute Gasteiger partial charge is 0.867 e. The number of fused-ring (bicyclic) bond motifs is 1. The summed E-state index contributed by atoms with van der Waals surface area (Å²) in [5.41, 5.74) is -0.564. The molecule has 0 aromatic heterocycles. The zero-order valence-corrected chi connectivity index (χ0v) is 9.31. The SMILES string of the molecule is N#[N+]c1c(S(N)(=O)=O)cc2ccccc2c1[O-]. The molecule has 0 fully saturated rings. The Balaban J connectivity index is 3.02. The Kier molecular flexibility index (Phi) is 2.46. The van der Waals surface area contributed by atoms with Crippen LogP contribution in [0.1, 0.15) is 0 Å². The summed E-state index contributed by atoms with van der Waals surface area (Å²) in [6.45, 7) is 0. The van der Waals surface area contributed by atoms with Crippen LogP contribution in [0.4, 0.5) is 5.69 Å². The van der Waals surface area contributed by atoms with Gasteiger partial charge in [0.25, 0.3) is 0 Å². The minimum Gasteiger partial charge on any atom is -0.867 e. The Morgan fingerprint density at radius 1 is 1.29 bits per heavy atom. The molecule has 0 saturated heterocycles. The summed E-state index contributed by atoms with van der Waals surface area (Å²) < 4.78 is 22.6. The third-order valence-electron chi connectivity index (χ3n) is 2.35. The molecular formula is C10H7N3O3S. The molecule has 0 aliphatic rings. The second kappa shape index (κ2) is 3.69. The molecule has 0 aliphatic carbocycles. The fraction of sp³-hybridized carbons (Fsp3) is 0. The third-order valence-corrected chi connectivity index (χ3v) is 3.27. The second-order valence-corrected chi connectivity index (χ2v) is 4.95. The molecule has 86 valence electrons. The monoisotopic (exact) mass is 249 g/mol. The zero-order valence-electron chi connectivity index (χ0n) is 8.49. The third kappa shape index (κ3) is 1.80. The average Bonchev–Trinajstić information content (AvgIpc) is 2.28. The van der Waals surface area contributed by atoms with E-state index in [-0.39, 0.29) is 5.39 Å². The number of primary sulfonamides is 1. The van der Waals surface area contributed by atoms with Crippen LogP contribution in [0.2, 0.25) is 0 Å². The standard InChI is InChI=1S/C10H7N3O3S/c11-13-9-8(17(12,15)16)5-6-3-1-2-4-7(6)10(9)14/h1-5H,(H2-,12,14,15,16). The highest BCUT2D eigenvalue weighted by Gasteiger charge is 2.25. The van der Waals surface area contributed by atoms with Crippen molar-refractivity contribution in [1.29, 1.82) is 5.39 Å². The van der Waals surface area contributed by atoms with Crippen LogP contribution in [0.25, 0.3) is 15.7 Å². The van der Waals surface area contributed by atoms with E-state index in [4.69, 9.17) is 10.5 Å². The van der Waals surface area contributed by atoms with Gasteiger partial charge in [0.2, 0.25) is 15.4 Å². The van der Waals surface area contributed by atoms with Gasteiger partial charge in [0.15, 0.2) is 9.87 Å². The van der Waals surface area contributed by atoms with Gasteiger partial charge in [-0.15, -0.1) is 0 Å². The number of sulfonamides is 1. The van der Waals surface area contributed by atoms with E-state index >= 15 is 0 Å².